The lowest BCUT2D eigenvalue weighted by atomic mass is 9.79. The Bertz CT molecular complexity index is 600. The Morgan fingerprint density at radius 3 is 2.67 bits per heavy atom. The van der Waals surface area contributed by atoms with Crippen molar-refractivity contribution < 1.29 is 27.6 Å². The molecule has 4 rings (SSSR count). The van der Waals surface area contributed by atoms with Crippen LogP contribution in [-0.2, 0) is 21.5 Å². The zero-order valence-corrected chi connectivity index (χ0v) is 14.3. The Hall–Kier alpha value is -1.21. The Morgan fingerprint density at radius 1 is 1.33 bits per heavy atom. The fourth-order valence-corrected chi connectivity index (χ4v) is 5.42. The van der Waals surface area contributed by atoms with Gasteiger partial charge in [0.05, 0.1) is 25.8 Å². The van der Waals surface area contributed by atoms with E-state index in [1.807, 2.05) is 0 Å². The number of benzene rings is 1. The smallest absolute Gasteiger partial charge is 0.416 e. The van der Waals surface area contributed by atoms with Gasteiger partial charge in [-0.05, 0) is 17.5 Å². The summed E-state index contributed by atoms with van der Waals surface area (Å²) in [5, 5.41) is 0.0690. The molecule has 0 saturated carbocycles. The predicted molar refractivity (Wildman–Crippen MR) is 85.5 cm³/mol. The summed E-state index contributed by atoms with van der Waals surface area (Å²) in [7, 11) is 1.41. The third-order valence-corrected chi connectivity index (χ3v) is 6.55. The van der Waals surface area contributed by atoms with Crippen molar-refractivity contribution in [2.75, 3.05) is 20.2 Å². The number of carbonyl (C=O) groups is 1. The van der Waals surface area contributed by atoms with Crippen LogP contribution < -0.4 is 4.90 Å². The van der Waals surface area contributed by atoms with E-state index in [4.69, 9.17) is 4.74 Å². The van der Waals surface area contributed by atoms with Crippen LogP contribution in [0.25, 0.3) is 0 Å². The summed E-state index contributed by atoms with van der Waals surface area (Å²) in [6.07, 6.45) is -2.28. The van der Waals surface area contributed by atoms with Crippen LogP contribution in [0.4, 0.5) is 13.2 Å². The van der Waals surface area contributed by atoms with Crippen molar-refractivity contribution in [3.8, 4) is 0 Å². The molecule has 2 bridgehead atoms. The molecule has 3 nitrogen and oxygen atoms in total. The molecule has 1 N–H and O–H groups in total. The second kappa shape index (κ2) is 6.96. The first kappa shape index (κ1) is 17.6. The number of methoxy groups -OCH3 is 1. The van der Waals surface area contributed by atoms with Crippen molar-refractivity contribution >= 4 is 17.7 Å². The highest BCUT2D eigenvalue weighted by Gasteiger charge is 2.50. The van der Waals surface area contributed by atoms with Gasteiger partial charge in [0.25, 0.3) is 0 Å². The number of ether oxygens (including phenoxy) is 1. The number of halogens is 3. The molecule has 3 aliphatic rings. The van der Waals surface area contributed by atoms with Crippen LogP contribution in [0.2, 0.25) is 0 Å². The van der Waals surface area contributed by atoms with E-state index in [9.17, 15) is 18.0 Å². The van der Waals surface area contributed by atoms with Crippen molar-refractivity contribution in [2.45, 2.75) is 30.1 Å². The fourth-order valence-electron chi connectivity index (χ4n) is 3.85. The van der Waals surface area contributed by atoms with E-state index in [-0.39, 0.29) is 17.3 Å². The van der Waals surface area contributed by atoms with Gasteiger partial charge >= 0.3 is 12.1 Å². The molecule has 0 aromatic heterocycles. The van der Waals surface area contributed by atoms with Gasteiger partial charge in [0.15, 0.2) is 0 Å². The lowest BCUT2D eigenvalue weighted by Crippen LogP contribution is -3.19. The number of hydrogen-bond acceptors (Lipinski definition) is 3. The molecule has 0 amide bonds. The molecule has 0 spiro atoms. The van der Waals surface area contributed by atoms with Crippen LogP contribution in [0, 0.1) is 11.8 Å². The molecule has 1 aromatic carbocycles. The lowest BCUT2D eigenvalue weighted by molar-refractivity contribution is -0.930. The van der Waals surface area contributed by atoms with Gasteiger partial charge in [-0.15, -0.1) is 0 Å². The van der Waals surface area contributed by atoms with Gasteiger partial charge in [0.1, 0.15) is 11.3 Å². The first-order valence-electron chi connectivity index (χ1n) is 8.10. The van der Waals surface area contributed by atoms with Crippen LogP contribution in [-0.4, -0.2) is 31.5 Å². The molecule has 24 heavy (non-hydrogen) atoms. The highest BCUT2D eigenvalue weighted by Crippen LogP contribution is 2.36. The summed E-state index contributed by atoms with van der Waals surface area (Å²) in [4.78, 5) is 13.5. The number of piperidine rings is 3. The van der Waals surface area contributed by atoms with E-state index in [0.29, 0.717) is 17.2 Å². The van der Waals surface area contributed by atoms with Crippen molar-refractivity contribution in [3.63, 3.8) is 0 Å². The van der Waals surface area contributed by atoms with E-state index in [2.05, 4.69) is 0 Å². The predicted octanol–water partition coefficient (Wildman–Crippen LogP) is 2.36. The van der Waals surface area contributed by atoms with Crippen molar-refractivity contribution in [3.05, 3.63) is 35.4 Å². The molecule has 132 valence electrons. The van der Waals surface area contributed by atoms with Crippen molar-refractivity contribution in [2.24, 2.45) is 11.8 Å². The van der Waals surface area contributed by atoms with Gasteiger partial charge in [0, 0.05) is 18.6 Å². The number of esters is 1. The molecule has 3 saturated heterocycles. The van der Waals surface area contributed by atoms with Crippen molar-refractivity contribution in [1.82, 2.24) is 0 Å². The zero-order valence-electron chi connectivity index (χ0n) is 13.4. The van der Waals surface area contributed by atoms with E-state index >= 15 is 0 Å². The van der Waals surface area contributed by atoms with Crippen LogP contribution in [0.5, 0.6) is 0 Å². The van der Waals surface area contributed by atoms with E-state index in [1.54, 1.807) is 17.8 Å². The summed E-state index contributed by atoms with van der Waals surface area (Å²) in [6, 6.07) is 5.44. The molecule has 1 aromatic rings. The Labute approximate surface area is 143 Å². The number of carbonyl (C=O) groups excluding carboxylic acids is 1. The second-order valence-corrected chi connectivity index (χ2v) is 7.60. The largest absolute Gasteiger partial charge is 0.469 e. The maximum absolute atomic E-state index is 12.8. The number of rotatable bonds is 4. The summed E-state index contributed by atoms with van der Waals surface area (Å²) >= 11 is 1.58. The topological polar surface area (TPSA) is 30.7 Å². The third kappa shape index (κ3) is 3.57. The van der Waals surface area contributed by atoms with Gasteiger partial charge in [-0.2, -0.15) is 13.2 Å². The van der Waals surface area contributed by atoms with Crippen LogP contribution in [0.1, 0.15) is 24.0 Å². The summed E-state index contributed by atoms with van der Waals surface area (Å²) in [6.45, 7) is 2.05. The molecular formula is C17H21F3NO2S+. The summed E-state index contributed by atoms with van der Waals surface area (Å²) < 4.78 is 43.5. The molecule has 3 heterocycles. The monoisotopic (exact) mass is 360 g/mol. The first-order valence-corrected chi connectivity index (χ1v) is 9.15. The minimum Gasteiger partial charge on any atom is -0.469 e. The van der Waals surface area contributed by atoms with Crippen molar-refractivity contribution in [1.29, 1.82) is 0 Å². The van der Waals surface area contributed by atoms with Gasteiger partial charge < -0.3 is 9.64 Å². The van der Waals surface area contributed by atoms with Crippen LogP contribution >= 0.6 is 11.8 Å². The molecule has 0 radical (unpaired) electrons. The Kier molecular flexibility index (Phi) is 5.11. The molecule has 0 aliphatic carbocycles. The number of thioether (sulfide) groups is 1. The fraction of sp³-hybridized carbons (Fsp3) is 0.588. The van der Waals surface area contributed by atoms with Gasteiger partial charge in [-0.1, -0.05) is 30.0 Å². The number of hydrogen-bond donors (Lipinski definition) is 1. The standard InChI is InChI=1S/C17H20F3NO2S/c1-23-16(22)14-12-5-7-21(8-6-12)15(14)24-10-11-3-2-4-13(9-11)17(18,19)20/h2-4,9,12,14-15H,5-8,10H2,1H3/p+1/t14-,15+/m0/s1. The normalized spacial score (nSPS) is 29.5. The molecule has 0 unspecified atom stereocenters. The van der Waals surface area contributed by atoms with Gasteiger partial charge in [-0.25, -0.2) is 0 Å². The van der Waals surface area contributed by atoms with Gasteiger partial charge in [0.2, 0.25) is 0 Å². The molecular weight excluding hydrogens is 339 g/mol. The Balaban J connectivity index is 1.72. The number of fused-ring (bicyclic) bond motifs is 3. The second-order valence-electron chi connectivity index (χ2n) is 6.47. The highest BCUT2D eigenvalue weighted by molar-refractivity contribution is 7.98. The van der Waals surface area contributed by atoms with E-state index in [1.165, 1.54) is 24.1 Å². The lowest BCUT2D eigenvalue weighted by Gasteiger charge is -2.46. The molecule has 7 heteroatoms. The molecule has 2 atom stereocenters. The maximum atomic E-state index is 12.8. The highest BCUT2D eigenvalue weighted by atomic mass is 32.2. The summed E-state index contributed by atoms with van der Waals surface area (Å²) in [5.41, 5.74) is 0.0171. The zero-order chi connectivity index (χ0) is 17.3. The number of nitrogens with one attached hydrogen (secondary N) is 1. The third-order valence-electron chi connectivity index (χ3n) is 5.07. The maximum Gasteiger partial charge on any atom is 0.416 e. The van der Waals surface area contributed by atoms with Crippen LogP contribution in [0.3, 0.4) is 0 Å². The number of quaternary nitrogens is 1. The SMILES string of the molecule is COC(=O)[C@H]1C2CC[NH+](CC2)[C@@H]1SCc1cccc(C(F)(F)F)c1. The molecule has 3 fully saturated rings. The van der Waals surface area contributed by atoms with Gasteiger partial charge in [-0.3, -0.25) is 4.79 Å². The average Bonchev–Trinajstić information content (AvgIpc) is 2.59. The number of alkyl halides is 3. The van der Waals surface area contributed by atoms with Crippen LogP contribution in [0.15, 0.2) is 24.3 Å². The molecule has 3 aliphatic heterocycles. The van der Waals surface area contributed by atoms with E-state index in [0.717, 1.165) is 32.0 Å². The minimum atomic E-state index is -4.33. The quantitative estimate of drug-likeness (QED) is 0.837. The van der Waals surface area contributed by atoms with E-state index < -0.39 is 11.7 Å². The average molecular weight is 360 g/mol. The minimum absolute atomic E-state index is 0.0690. The Morgan fingerprint density at radius 2 is 2.04 bits per heavy atom. The summed E-state index contributed by atoms with van der Waals surface area (Å²) in [5.74, 6) is 0.480. The first-order chi connectivity index (χ1) is 11.4.